The number of hydrogen-bond acceptors (Lipinski definition) is 5. The first-order valence-corrected chi connectivity index (χ1v) is 7.68. The third-order valence-corrected chi connectivity index (χ3v) is 3.35. The van der Waals surface area contributed by atoms with Crippen LogP contribution >= 0.6 is 0 Å². The molecule has 0 saturated heterocycles. The van der Waals surface area contributed by atoms with Gasteiger partial charge in [0.05, 0.1) is 12.5 Å². The smallest absolute Gasteiger partial charge is 0.209 e. The lowest BCUT2D eigenvalue weighted by Gasteiger charge is -2.25. The van der Waals surface area contributed by atoms with E-state index in [-0.39, 0.29) is 0 Å². The van der Waals surface area contributed by atoms with Crippen LogP contribution in [0.4, 0.5) is 5.82 Å². The minimum atomic E-state index is -3.24. The minimum Gasteiger partial charge on any atom is -0.368 e. The van der Waals surface area contributed by atoms with E-state index in [1.165, 1.54) is 0 Å². The highest BCUT2D eigenvalue weighted by molar-refractivity contribution is 7.88. The lowest BCUT2D eigenvalue weighted by Crippen LogP contribution is -2.47. The van der Waals surface area contributed by atoms with Crippen LogP contribution < -0.4 is 10.0 Å². The zero-order valence-corrected chi connectivity index (χ0v) is 11.9. The molecular formula is C11H17N5O2S. The van der Waals surface area contributed by atoms with Crippen molar-refractivity contribution in [1.82, 2.24) is 19.3 Å². The van der Waals surface area contributed by atoms with Gasteiger partial charge in [-0.2, -0.15) is 5.10 Å². The predicted octanol–water partition coefficient (Wildman–Crippen LogP) is 0.469. The Kier molecular flexibility index (Phi) is 3.46. The van der Waals surface area contributed by atoms with E-state index in [9.17, 15) is 8.42 Å². The molecule has 0 atom stereocenters. The average Bonchev–Trinajstić information content (AvgIpc) is 2.70. The number of anilines is 1. The molecule has 0 aliphatic heterocycles. The fourth-order valence-electron chi connectivity index (χ4n) is 1.76. The molecule has 0 aliphatic carbocycles. The second-order valence-electron chi connectivity index (χ2n) is 5.06. The summed E-state index contributed by atoms with van der Waals surface area (Å²) >= 11 is 0. The van der Waals surface area contributed by atoms with Gasteiger partial charge in [0.2, 0.25) is 10.0 Å². The van der Waals surface area contributed by atoms with E-state index in [4.69, 9.17) is 0 Å². The molecule has 7 nitrogen and oxygen atoms in total. The fourth-order valence-corrected chi connectivity index (χ4v) is 2.84. The molecule has 0 amide bonds. The summed E-state index contributed by atoms with van der Waals surface area (Å²) in [5.74, 6) is 0.677. The molecule has 0 bridgehead atoms. The van der Waals surface area contributed by atoms with E-state index in [0.717, 1.165) is 11.9 Å². The summed E-state index contributed by atoms with van der Waals surface area (Å²) in [5.41, 5.74) is 0.139. The Morgan fingerprint density at radius 2 is 2.11 bits per heavy atom. The Balaban J connectivity index is 2.05. The topological polar surface area (TPSA) is 88.4 Å². The molecule has 0 spiro atoms. The molecule has 104 valence electrons. The maximum atomic E-state index is 11.2. The molecule has 19 heavy (non-hydrogen) atoms. The standard InChI is InChI=1S/C11H17N5O2S/c1-11(2,15-19(3,17)18)8-12-9-5-7-16-10(14-9)4-6-13-16/h4-7,15H,8H2,1-3H3,(H,12,14). The number of fused-ring (bicyclic) bond motifs is 1. The summed E-state index contributed by atoms with van der Waals surface area (Å²) in [6.45, 7) is 4.04. The second-order valence-corrected chi connectivity index (χ2v) is 6.81. The lowest BCUT2D eigenvalue weighted by atomic mass is 10.1. The Hall–Kier alpha value is -1.67. The zero-order valence-electron chi connectivity index (χ0n) is 11.1. The van der Waals surface area contributed by atoms with Crippen molar-refractivity contribution in [3.8, 4) is 0 Å². The van der Waals surface area contributed by atoms with Crippen LogP contribution in [0.2, 0.25) is 0 Å². The summed E-state index contributed by atoms with van der Waals surface area (Å²) < 4.78 is 26.7. The molecule has 2 aromatic rings. The SMILES string of the molecule is CC(C)(CNc1ccn2nccc2n1)NS(C)(=O)=O. The van der Waals surface area contributed by atoms with Gasteiger partial charge in [0, 0.05) is 24.3 Å². The number of nitrogens with one attached hydrogen (secondary N) is 2. The molecule has 2 rings (SSSR count). The van der Waals surface area contributed by atoms with Crippen LogP contribution in [0.3, 0.4) is 0 Å². The fraction of sp³-hybridized carbons (Fsp3) is 0.455. The number of sulfonamides is 1. The first kappa shape index (κ1) is 13.8. The summed E-state index contributed by atoms with van der Waals surface area (Å²) in [7, 11) is -3.24. The van der Waals surface area contributed by atoms with Crippen LogP contribution in [0.15, 0.2) is 24.5 Å². The molecule has 0 unspecified atom stereocenters. The van der Waals surface area contributed by atoms with Crippen molar-refractivity contribution in [1.29, 1.82) is 0 Å². The summed E-state index contributed by atoms with van der Waals surface area (Å²) in [6.07, 6.45) is 4.61. The van der Waals surface area contributed by atoms with Crippen LogP contribution in [0, 0.1) is 0 Å². The van der Waals surface area contributed by atoms with Gasteiger partial charge in [-0.15, -0.1) is 0 Å². The van der Waals surface area contributed by atoms with Crippen LogP contribution in [-0.2, 0) is 10.0 Å². The van der Waals surface area contributed by atoms with Crippen LogP contribution in [0.25, 0.3) is 5.65 Å². The van der Waals surface area contributed by atoms with Crippen molar-refractivity contribution in [3.05, 3.63) is 24.5 Å². The van der Waals surface area contributed by atoms with Gasteiger partial charge in [0.15, 0.2) is 5.65 Å². The second kappa shape index (κ2) is 4.78. The van der Waals surface area contributed by atoms with Crippen molar-refractivity contribution in [3.63, 3.8) is 0 Å². The van der Waals surface area contributed by atoms with Gasteiger partial charge in [0.25, 0.3) is 0 Å². The highest BCUT2D eigenvalue weighted by atomic mass is 32.2. The van der Waals surface area contributed by atoms with Crippen molar-refractivity contribution in [2.45, 2.75) is 19.4 Å². The Morgan fingerprint density at radius 3 is 2.79 bits per heavy atom. The van der Waals surface area contributed by atoms with Crippen LogP contribution in [-0.4, -0.2) is 41.4 Å². The first-order valence-electron chi connectivity index (χ1n) is 5.78. The molecule has 8 heteroatoms. The number of aromatic nitrogens is 3. The third kappa shape index (κ3) is 3.90. The molecule has 0 aromatic carbocycles. The summed E-state index contributed by atoms with van der Waals surface area (Å²) in [6, 6.07) is 3.58. The summed E-state index contributed by atoms with van der Waals surface area (Å²) in [4.78, 5) is 4.35. The monoisotopic (exact) mass is 283 g/mol. The molecule has 0 fully saturated rings. The first-order chi connectivity index (χ1) is 8.75. The van der Waals surface area contributed by atoms with Crippen molar-refractivity contribution >= 4 is 21.5 Å². The van der Waals surface area contributed by atoms with E-state index < -0.39 is 15.6 Å². The van der Waals surface area contributed by atoms with E-state index in [2.05, 4.69) is 20.1 Å². The highest BCUT2D eigenvalue weighted by Gasteiger charge is 2.21. The van der Waals surface area contributed by atoms with E-state index in [1.54, 1.807) is 42.9 Å². The molecular weight excluding hydrogens is 266 g/mol. The predicted molar refractivity (Wildman–Crippen MR) is 73.5 cm³/mol. The number of rotatable bonds is 5. The Morgan fingerprint density at radius 1 is 1.37 bits per heavy atom. The van der Waals surface area contributed by atoms with Gasteiger partial charge in [0.1, 0.15) is 5.82 Å². The molecule has 0 saturated carbocycles. The van der Waals surface area contributed by atoms with Gasteiger partial charge in [-0.05, 0) is 19.9 Å². The number of nitrogens with zero attached hydrogens (tertiary/aromatic N) is 3. The van der Waals surface area contributed by atoms with E-state index in [0.29, 0.717) is 12.4 Å². The lowest BCUT2D eigenvalue weighted by molar-refractivity contribution is 0.476. The quantitative estimate of drug-likeness (QED) is 0.832. The van der Waals surface area contributed by atoms with Crippen molar-refractivity contribution < 1.29 is 8.42 Å². The van der Waals surface area contributed by atoms with E-state index in [1.807, 2.05) is 0 Å². The van der Waals surface area contributed by atoms with Gasteiger partial charge in [-0.25, -0.2) is 22.6 Å². The maximum absolute atomic E-state index is 11.2. The zero-order chi connectivity index (χ0) is 14.1. The molecule has 2 heterocycles. The van der Waals surface area contributed by atoms with Gasteiger partial charge >= 0.3 is 0 Å². The van der Waals surface area contributed by atoms with Crippen LogP contribution in [0.5, 0.6) is 0 Å². The van der Waals surface area contributed by atoms with Gasteiger partial charge < -0.3 is 5.32 Å². The minimum absolute atomic E-state index is 0.428. The third-order valence-electron chi connectivity index (χ3n) is 2.43. The molecule has 0 aliphatic rings. The normalized spacial score (nSPS) is 12.8. The van der Waals surface area contributed by atoms with Crippen LogP contribution in [0.1, 0.15) is 13.8 Å². The summed E-state index contributed by atoms with van der Waals surface area (Å²) in [5, 5.41) is 7.16. The van der Waals surface area contributed by atoms with Crippen molar-refractivity contribution in [2.75, 3.05) is 18.1 Å². The Bertz CT molecular complexity index is 677. The Labute approximate surface area is 112 Å². The van der Waals surface area contributed by atoms with Gasteiger partial charge in [-0.1, -0.05) is 0 Å². The number of hydrogen-bond donors (Lipinski definition) is 2. The average molecular weight is 283 g/mol. The largest absolute Gasteiger partial charge is 0.368 e. The highest BCUT2D eigenvalue weighted by Crippen LogP contribution is 2.09. The van der Waals surface area contributed by atoms with E-state index >= 15 is 0 Å². The molecule has 2 aromatic heterocycles. The molecule has 0 radical (unpaired) electrons. The van der Waals surface area contributed by atoms with Gasteiger partial charge in [-0.3, -0.25) is 0 Å². The van der Waals surface area contributed by atoms with Crippen molar-refractivity contribution in [2.24, 2.45) is 0 Å². The maximum Gasteiger partial charge on any atom is 0.209 e. The molecule has 2 N–H and O–H groups in total.